The molecule has 0 bridgehead atoms. The molecule has 1 amide bonds. The fraction of sp³-hybridized carbons (Fsp3) is 0.640. The minimum Gasteiger partial charge on any atom is -0.490 e. The van der Waals surface area contributed by atoms with Crippen LogP contribution in [0.25, 0.3) is 0 Å². The summed E-state index contributed by atoms with van der Waals surface area (Å²) >= 11 is 0. The topological polar surface area (TPSA) is 119 Å². The Hall–Kier alpha value is -3.04. The molecule has 10 heteroatoms. The van der Waals surface area contributed by atoms with E-state index in [0.717, 1.165) is 44.9 Å². The van der Waals surface area contributed by atoms with Crippen molar-refractivity contribution in [3.8, 4) is 5.75 Å². The molecular weight excluding hydrogens is 451 g/mol. The van der Waals surface area contributed by atoms with Crippen LogP contribution in [0.1, 0.15) is 65.7 Å². The summed E-state index contributed by atoms with van der Waals surface area (Å²) < 4.78 is 26.4. The van der Waals surface area contributed by atoms with E-state index in [9.17, 15) is 4.79 Å². The van der Waals surface area contributed by atoms with Crippen molar-refractivity contribution in [1.82, 2.24) is 4.90 Å². The molecule has 2 aliphatic heterocycles. The number of carbonyl (C=O) groups is 1. The largest absolute Gasteiger partial charge is 0.490 e. The van der Waals surface area contributed by atoms with Crippen LogP contribution in [0.2, 0.25) is 0 Å². The zero-order valence-corrected chi connectivity index (χ0v) is 20.9. The molecule has 0 radical (unpaired) electrons. The van der Waals surface area contributed by atoms with Crippen molar-refractivity contribution in [2.24, 2.45) is 27.4 Å². The summed E-state index contributed by atoms with van der Waals surface area (Å²) in [4.78, 5) is 24.5. The predicted octanol–water partition coefficient (Wildman–Crippen LogP) is 3.96. The molecule has 0 aromatic heterocycles. The molecule has 0 atom stereocenters. The maximum Gasteiger partial charge on any atom is 0.410 e. The number of guanidine groups is 2. The van der Waals surface area contributed by atoms with Crippen LogP contribution in [-0.2, 0) is 4.74 Å². The third-order valence-corrected chi connectivity index (χ3v) is 6.77. The van der Waals surface area contributed by atoms with Crippen molar-refractivity contribution in [3.63, 3.8) is 0 Å². The smallest absolute Gasteiger partial charge is 0.410 e. The molecule has 9 nitrogen and oxygen atoms in total. The van der Waals surface area contributed by atoms with E-state index in [-0.39, 0.29) is 29.7 Å². The van der Waals surface area contributed by atoms with Gasteiger partial charge < -0.3 is 25.8 Å². The van der Waals surface area contributed by atoms with E-state index in [1.54, 1.807) is 17.0 Å². The van der Waals surface area contributed by atoms with Gasteiger partial charge >= 0.3 is 6.09 Å². The second-order valence-corrected chi connectivity index (χ2v) is 10.7. The monoisotopic (exact) mass is 488 g/mol. The van der Waals surface area contributed by atoms with Crippen molar-refractivity contribution in [2.45, 2.75) is 77.0 Å². The van der Waals surface area contributed by atoms with E-state index in [1.807, 2.05) is 25.7 Å². The number of aliphatic imine (C=N–C) groups is 2. The fourth-order valence-electron chi connectivity index (χ4n) is 5.06. The standard InChI is InChI=1S/C25H37FN6O3/c1-24(2,3)35-23(33)31-13-9-17(10-14-31)16-34-20-8-7-18(15-19(20)26)32-22(28)29-21(27)30-25(32)11-5-4-6-12-25/h7-8,15,17H,4-6,9-14,16H2,1-3H3,(H4,27,28,29,30). The number of benzene rings is 1. The molecule has 2 heterocycles. The molecule has 2 fully saturated rings. The number of rotatable bonds is 4. The summed E-state index contributed by atoms with van der Waals surface area (Å²) in [6, 6.07) is 4.85. The first-order valence-electron chi connectivity index (χ1n) is 12.5. The van der Waals surface area contributed by atoms with Gasteiger partial charge in [-0.25, -0.2) is 14.2 Å². The lowest BCUT2D eigenvalue weighted by molar-refractivity contribution is 0.0164. The maximum absolute atomic E-state index is 15.1. The highest BCUT2D eigenvalue weighted by Gasteiger charge is 2.42. The zero-order chi connectivity index (χ0) is 25.2. The zero-order valence-electron chi connectivity index (χ0n) is 20.9. The van der Waals surface area contributed by atoms with E-state index >= 15 is 4.39 Å². The van der Waals surface area contributed by atoms with Crippen LogP contribution in [0.5, 0.6) is 5.75 Å². The van der Waals surface area contributed by atoms with Gasteiger partial charge in [0.2, 0.25) is 11.9 Å². The molecular formula is C25H37FN6O3. The van der Waals surface area contributed by atoms with Crippen LogP contribution in [0.15, 0.2) is 28.2 Å². The number of likely N-dealkylation sites (tertiary alicyclic amines) is 1. The van der Waals surface area contributed by atoms with Gasteiger partial charge in [-0.15, -0.1) is 0 Å². The SMILES string of the molecule is CC(C)(C)OC(=O)N1CCC(COc2ccc(N3C(N)=NC(N)=NC34CCCCC4)cc2F)CC1. The van der Waals surface area contributed by atoms with Gasteiger partial charge in [0.15, 0.2) is 11.6 Å². The highest BCUT2D eigenvalue weighted by atomic mass is 19.1. The maximum atomic E-state index is 15.1. The van der Waals surface area contributed by atoms with Crippen molar-refractivity contribution in [3.05, 3.63) is 24.0 Å². The summed E-state index contributed by atoms with van der Waals surface area (Å²) in [5, 5.41) is 0. The Morgan fingerprint density at radius 2 is 1.86 bits per heavy atom. The first-order chi connectivity index (χ1) is 16.6. The van der Waals surface area contributed by atoms with Gasteiger partial charge in [-0.1, -0.05) is 6.42 Å². The first kappa shape index (κ1) is 25.1. The number of hydrogen-bond donors (Lipinski definition) is 2. The van der Waals surface area contributed by atoms with Gasteiger partial charge in [0, 0.05) is 24.8 Å². The number of nitrogens with zero attached hydrogens (tertiary/aromatic N) is 4. The summed E-state index contributed by atoms with van der Waals surface area (Å²) in [6.45, 7) is 7.16. The Morgan fingerprint density at radius 1 is 1.17 bits per heavy atom. The Kier molecular flexibility index (Phi) is 7.10. The highest BCUT2D eigenvalue weighted by molar-refractivity contribution is 6.05. The molecule has 4 rings (SSSR count). The molecule has 1 aromatic carbocycles. The van der Waals surface area contributed by atoms with Gasteiger partial charge in [-0.3, -0.25) is 4.90 Å². The average molecular weight is 489 g/mol. The molecule has 192 valence electrons. The summed E-state index contributed by atoms with van der Waals surface area (Å²) in [5.74, 6) is 0.356. The lowest BCUT2D eigenvalue weighted by Gasteiger charge is -2.45. The average Bonchev–Trinajstić information content (AvgIpc) is 2.77. The van der Waals surface area contributed by atoms with Crippen LogP contribution in [0, 0.1) is 11.7 Å². The van der Waals surface area contributed by atoms with Crippen molar-refractivity contribution >= 4 is 23.7 Å². The molecule has 1 saturated carbocycles. The third-order valence-electron chi connectivity index (χ3n) is 6.77. The van der Waals surface area contributed by atoms with Gasteiger partial charge in [0.1, 0.15) is 11.3 Å². The molecule has 4 N–H and O–H groups in total. The Morgan fingerprint density at radius 3 is 2.49 bits per heavy atom. The van der Waals surface area contributed by atoms with Gasteiger partial charge in [-0.2, -0.15) is 4.99 Å². The Labute approximate surface area is 206 Å². The minimum atomic E-state index is -0.620. The van der Waals surface area contributed by atoms with E-state index in [1.165, 1.54) is 6.07 Å². The number of amides is 1. The number of hydrogen-bond acceptors (Lipinski definition) is 8. The van der Waals surface area contributed by atoms with Crippen LogP contribution >= 0.6 is 0 Å². The number of nitrogens with two attached hydrogens (primary N) is 2. The number of anilines is 1. The van der Waals surface area contributed by atoms with Crippen molar-refractivity contribution in [2.75, 3.05) is 24.6 Å². The molecule has 0 unspecified atom stereocenters. The van der Waals surface area contributed by atoms with Crippen LogP contribution in [0.4, 0.5) is 14.9 Å². The number of halogens is 1. The van der Waals surface area contributed by atoms with Gasteiger partial charge in [0.05, 0.1) is 6.61 Å². The second kappa shape index (κ2) is 9.91. The Bertz CT molecular complexity index is 991. The quantitative estimate of drug-likeness (QED) is 0.662. The molecule has 1 saturated heterocycles. The molecule has 35 heavy (non-hydrogen) atoms. The molecule has 3 aliphatic rings. The normalized spacial score (nSPS) is 20.9. The Balaban J connectivity index is 1.37. The highest BCUT2D eigenvalue weighted by Crippen LogP contribution is 2.40. The van der Waals surface area contributed by atoms with Crippen molar-refractivity contribution in [1.29, 1.82) is 0 Å². The van der Waals surface area contributed by atoms with Crippen LogP contribution in [-0.4, -0.2) is 53.9 Å². The predicted molar refractivity (Wildman–Crippen MR) is 134 cm³/mol. The van der Waals surface area contributed by atoms with E-state index < -0.39 is 17.1 Å². The second-order valence-electron chi connectivity index (χ2n) is 10.7. The van der Waals surface area contributed by atoms with E-state index in [2.05, 4.69) is 9.98 Å². The van der Waals surface area contributed by atoms with E-state index in [4.69, 9.17) is 20.9 Å². The summed E-state index contributed by atoms with van der Waals surface area (Å²) in [5.41, 5.74) is 11.6. The first-order valence-corrected chi connectivity index (χ1v) is 12.5. The summed E-state index contributed by atoms with van der Waals surface area (Å²) in [6.07, 6.45) is 5.95. The van der Waals surface area contributed by atoms with Crippen LogP contribution < -0.4 is 21.1 Å². The number of carbonyl (C=O) groups excluding carboxylic acids is 1. The third kappa shape index (κ3) is 5.79. The lowest BCUT2D eigenvalue weighted by Crippen LogP contribution is -2.58. The number of piperidine rings is 1. The lowest BCUT2D eigenvalue weighted by atomic mass is 9.87. The minimum absolute atomic E-state index is 0.166. The van der Waals surface area contributed by atoms with Gasteiger partial charge in [0.25, 0.3) is 0 Å². The summed E-state index contributed by atoms with van der Waals surface area (Å²) in [7, 11) is 0. The fourth-order valence-corrected chi connectivity index (χ4v) is 5.06. The van der Waals surface area contributed by atoms with E-state index in [0.29, 0.717) is 25.4 Å². The number of ether oxygens (including phenoxy) is 2. The van der Waals surface area contributed by atoms with Crippen LogP contribution in [0.3, 0.4) is 0 Å². The molecule has 1 aromatic rings. The van der Waals surface area contributed by atoms with Crippen molar-refractivity contribution < 1.29 is 18.7 Å². The molecule has 1 aliphatic carbocycles. The van der Waals surface area contributed by atoms with Gasteiger partial charge in [-0.05, 0) is 77.3 Å². The molecule has 1 spiro atoms.